The van der Waals surface area contributed by atoms with Crippen LogP contribution in [0.15, 0.2) is 52.7 Å². The molecule has 1 heterocycles. The van der Waals surface area contributed by atoms with Crippen molar-refractivity contribution in [3.05, 3.63) is 53.6 Å². The third-order valence-electron chi connectivity index (χ3n) is 4.67. The molecule has 1 aliphatic rings. The van der Waals surface area contributed by atoms with E-state index in [4.69, 9.17) is 14.2 Å². The second-order valence-electron chi connectivity index (χ2n) is 6.52. The summed E-state index contributed by atoms with van der Waals surface area (Å²) in [5.74, 6) is 2.16. The van der Waals surface area contributed by atoms with Crippen molar-refractivity contribution in [1.29, 1.82) is 0 Å². The molecule has 1 amide bonds. The van der Waals surface area contributed by atoms with Crippen LogP contribution in [-0.2, 0) is 11.3 Å². The number of carbonyl (C=O) groups excluding carboxylic acids is 1. The summed E-state index contributed by atoms with van der Waals surface area (Å²) in [4.78, 5) is 14.5. The molecule has 1 unspecified atom stereocenters. The number of hydrogen-bond acceptors (Lipinski definition) is 7. The lowest BCUT2D eigenvalue weighted by Crippen LogP contribution is -2.31. The zero-order valence-corrected chi connectivity index (χ0v) is 18.3. The first-order valence-electron chi connectivity index (χ1n) is 9.53. The molecule has 8 heteroatoms. The quantitative estimate of drug-likeness (QED) is 0.471. The first-order valence-corrected chi connectivity index (χ1v) is 10.4. The molecule has 158 valence electrons. The predicted molar refractivity (Wildman–Crippen MR) is 120 cm³/mol. The number of rotatable bonds is 8. The normalized spacial score (nSPS) is 17.7. The van der Waals surface area contributed by atoms with E-state index in [0.29, 0.717) is 23.2 Å². The highest BCUT2D eigenvalue weighted by molar-refractivity contribution is 8.15. The van der Waals surface area contributed by atoms with Gasteiger partial charge in [0, 0.05) is 11.6 Å². The SMILES string of the molecule is CCC1S/C(=N\N=C\c2ccc(OC)cc2OC)N(Cc2ccc(OC)cc2)C1=O. The van der Waals surface area contributed by atoms with Gasteiger partial charge >= 0.3 is 0 Å². The van der Waals surface area contributed by atoms with E-state index in [0.717, 1.165) is 23.3 Å². The van der Waals surface area contributed by atoms with Crippen LogP contribution in [0.5, 0.6) is 17.2 Å². The Morgan fingerprint density at radius 3 is 2.37 bits per heavy atom. The van der Waals surface area contributed by atoms with E-state index in [-0.39, 0.29) is 11.2 Å². The molecule has 0 radical (unpaired) electrons. The van der Waals surface area contributed by atoms with Crippen molar-refractivity contribution in [3.8, 4) is 17.2 Å². The number of methoxy groups -OCH3 is 3. The number of amidine groups is 1. The topological polar surface area (TPSA) is 72.7 Å². The minimum atomic E-state index is -0.146. The van der Waals surface area contributed by atoms with Crippen LogP contribution in [0.1, 0.15) is 24.5 Å². The van der Waals surface area contributed by atoms with E-state index in [9.17, 15) is 4.79 Å². The molecule has 1 saturated heterocycles. The van der Waals surface area contributed by atoms with E-state index in [1.54, 1.807) is 38.5 Å². The van der Waals surface area contributed by atoms with Gasteiger partial charge in [-0.25, -0.2) is 0 Å². The first-order chi connectivity index (χ1) is 14.6. The van der Waals surface area contributed by atoms with Crippen molar-refractivity contribution in [2.24, 2.45) is 10.2 Å². The van der Waals surface area contributed by atoms with Gasteiger partial charge in [-0.15, -0.1) is 5.10 Å². The molecule has 1 atom stereocenters. The predicted octanol–water partition coefficient (Wildman–Crippen LogP) is 3.96. The van der Waals surface area contributed by atoms with Crippen molar-refractivity contribution < 1.29 is 19.0 Å². The Morgan fingerprint density at radius 2 is 1.73 bits per heavy atom. The molecule has 0 aliphatic carbocycles. The lowest BCUT2D eigenvalue weighted by Gasteiger charge is -2.16. The van der Waals surface area contributed by atoms with Crippen molar-refractivity contribution in [3.63, 3.8) is 0 Å². The monoisotopic (exact) mass is 427 g/mol. The Hall–Kier alpha value is -3.00. The van der Waals surface area contributed by atoms with E-state index in [2.05, 4.69) is 10.2 Å². The highest BCUT2D eigenvalue weighted by atomic mass is 32.2. The maximum Gasteiger partial charge on any atom is 0.242 e. The molecular weight excluding hydrogens is 402 g/mol. The summed E-state index contributed by atoms with van der Waals surface area (Å²) < 4.78 is 15.8. The number of amides is 1. The smallest absolute Gasteiger partial charge is 0.242 e. The Kier molecular flexibility index (Phi) is 7.35. The van der Waals surface area contributed by atoms with Crippen LogP contribution >= 0.6 is 11.8 Å². The van der Waals surface area contributed by atoms with Crippen LogP contribution in [0, 0.1) is 0 Å². The lowest BCUT2D eigenvalue weighted by atomic mass is 10.2. The van der Waals surface area contributed by atoms with Crippen LogP contribution in [0.4, 0.5) is 0 Å². The molecule has 0 spiro atoms. The van der Waals surface area contributed by atoms with Crippen LogP contribution < -0.4 is 14.2 Å². The molecule has 0 bridgehead atoms. The van der Waals surface area contributed by atoms with Crippen LogP contribution in [0.3, 0.4) is 0 Å². The van der Waals surface area contributed by atoms with Gasteiger partial charge in [0.1, 0.15) is 17.2 Å². The fourth-order valence-corrected chi connectivity index (χ4v) is 3.99. The summed E-state index contributed by atoms with van der Waals surface area (Å²) in [6.45, 7) is 2.43. The molecule has 1 fully saturated rings. The molecule has 0 N–H and O–H groups in total. The fraction of sp³-hybridized carbons (Fsp3) is 0.318. The van der Waals surface area contributed by atoms with Gasteiger partial charge in [-0.2, -0.15) is 5.10 Å². The summed E-state index contributed by atoms with van der Waals surface area (Å²) in [7, 11) is 4.82. The number of carbonyl (C=O) groups is 1. The summed E-state index contributed by atoms with van der Waals surface area (Å²) in [5, 5.41) is 9.00. The highest BCUT2D eigenvalue weighted by Gasteiger charge is 2.36. The average molecular weight is 428 g/mol. The minimum Gasteiger partial charge on any atom is -0.497 e. The second kappa shape index (κ2) is 10.2. The summed E-state index contributed by atoms with van der Waals surface area (Å²) in [6.07, 6.45) is 2.35. The van der Waals surface area contributed by atoms with Gasteiger partial charge in [0.25, 0.3) is 0 Å². The molecule has 0 saturated carbocycles. The molecule has 1 aliphatic heterocycles. The Morgan fingerprint density at radius 1 is 1.03 bits per heavy atom. The molecule has 30 heavy (non-hydrogen) atoms. The maximum absolute atomic E-state index is 12.8. The average Bonchev–Trinajstić information content (AvgIpc) is 3.09. The molecule has 0 aromatic heterocycles. The summed E-state index contributed by atoms with van der Waals surface area (Å²) in [5.41, 5.74) is 1.76. The number of nitrogens with zero attached hydrogens (tertiary/aromatic N) is 3. The van der Waals surface area contributed by atoms with Gasteiger partial charge < -0.3 is 14.2 Å². The van der Waals surface area contributed by atoms with E-state index < -0.39 is 0 Å². The summed E-state index contributed by atoms with van der Waals surface area (Å²) >= 11 is 1.44. The Balaban J connectivity index is 1.81. The van der Waals surface area contributed by atoms with Crippen molar-refractivity contribution >= 4 is 29.1 Å². The van der Waals surface area contributed by atoms with Crippen LogP contribution in [-0.4, -0.2) is 48.8 Å². The fourth-order valence-electron chi connectivity index (χ4n) is 2.97. The largest absolute Gasteiger partial charge is 0.497 e. The van der Waals surface area contributed by atoms with Gasteiger partial charge in [0.15, 0.2) is 5.17 Å². The van der Waals surface area contributed by atoms with E-state index in [1.165, 1.54) is 11.8 Å². The van der Waals surface area contributed by atoms with Crippen LogP contribution in [0.2, 0.25) is 0 Å². The van der Waals surface area contributed by atoms with Crippen molar-refractivity contribution in [2.45, 2.75) is 25.1 Å². The lowest BCUT2D eigenvalue weighted by molar-refractivity contribution is -0.126. The van der Waals surface area contributed by atoms with Gasteiger partial charge in [-0.05, 0) is 36.2 Å². The van der Waals surface area contributed by atoms with Gasteiger partial charge in [-0.3, -0.25) is 9.69 Å². The minimum absolute atomic E-state index is 0.0503. The number of hydrogen-bond donors (Lipinski definition) is 0. The Labute approximate surface area is 180 Å². The maximum atomic E-state index is 12.8. The molecule has 2 aromatic carbocycles. The third kappa shape index (κ3) is 4.94. The number of benzene rings is 2. The molecule has 3 rings (SSSR count). The van der Waals surface area contributed by atoms with Crippen molar-refractivity contribution in [2.75, 3.05) is 21.3 Å². The number of ether oxygens (including phenoxy) is 3. The molecule has 2 aromatic rings. The Bertz CT molecular complexity index is 944. The van der Waals surface area contributed by atoms with E-state index >= 15 is 0 Å². The van der Waals surface area contributed by atoms with Crippen molar-refractivity contribution in [1.82, 2.24) is 4.90 Å². The van der Waals surface area contributed by atoms with Gasteiger partial charge in [-0.1, -0.05) is 30.8 Å². The van der Waals surface area contributed by atoms with Crippen LogP contribution in [0.25, 0.3) is 0 Å². The molecular formula is C22H25N3O4S. The molecule has 7 nitrogen and oxygen atoms in total. The zero-order chi connectivity index (χ0) is 21.5. The van der Waals surface area contributed by atoms with Gasteiger partial charge in [0.05, 0.1) is 39.3 Å². The highest BCUT2D eigenvalue weighted by Crippen LogP contribution is 2.31. The van der Waals surface area contributed by atoms with Gasteiger partial charge in [0.2, 0.25) is 5.91 Å². The second-order valence-corrected chi connectivity index (χ2v) is 7.69. The summed E-state index contributed by atoms with van der Waals surface area (Å²) in [6, 6.07) is 13.1. The standard InChI is InChI=1S/C22H25N3O4S/c1-5-20-21(26)25(14-15-6-9-17(27-2)10-7-15)22(30-20)24-23-13-16-8-11-18(28-3)12-19(16)29-4/h6-13,20H,5,14H2,1-4H3/b23-13+,24-22-. The van der Waals surface area contributed by atoms with E-state index in [1.807, 2.05) is 43.3 Å². The first kappa shape index (κ1) is 21.7. The number of thioether (sulfide) groups is 1. The zero-order valence-electron chi connectivity index (χ0n) is 17.5. The third-order valence-corrected chi connectivity index (χ3v) is 6.00.